The number of benzene rings is 1. The van der Waals surface area contributed by atoms with Gasteiger partial charge in [-0.3, -0.25) is 9.59 Å². The van der Waals surface area contributed by atoms with Crippen LogP contribution in [0.1, 0.15) is 45.4 Å². The first-order valence-electron chi connectivity index (χ1n) is 9.16. The standard InChI is InChI=1S/C19H24N2O4/c1-2-14-5-3-4-10-21(14)18(23)19(8-9-19)17(22)20-13-6-7-15-16(11-13)25-12-24-15/h6-7,11,14H,2-5,8-10,12H2,1H3,(H,20,22). The Balaban J connectivity index is 1.48. The minimum atomic E-state index is -0.874. The van der Waals surface area contributed by atoms with Gasteiger partial charge in [-0.05, 0) is 50.7 Å². The van der Waals surface area contributed by atoms with E-state index in [1.165, 1.54) is 6.42 Å². The van der Waals surface area contributed by atoms with Crippen LogP contribution >= 0.6 is 0 Å². The Bertz CT molecular complexity index is 699. The highest BCUT2D eigenvalue weighted by molar-refractivity contribution is 6.13. The Labute approximate surface area is 147 Å². The van der Waals surface area contributed by atoms with E-state index in [4.69, 9.17) is 9.47 Å². The van der Waals surface area contributed by atoms with Crippen molar-refractivity contribution >= 4 is 17.5 Å². The fourth-order valence-electron chi connectivity index (χ4n) is 3.86. The van der Waals surface area contributed by atoms with Gasteiger partial charge in [0.1, 0.15) is 5.41 Å². The second kappa shape index (κ2) is 6.24. The first kappa shape index (κ1) is 16.2. The molecule has 1 saturated carbocycles. The van der Waals surface area contributed by atoms with Gasteiger partial charge in [0.15, 0.2) is 11.5 Å². The van der Waals surface area contributed by atoms with Crippen molar-refractivity contribution in [2.24, 2.45) is 5.41 Å². The largest absolute Gasteiger partial charge is 0.454 e. The zero-order valence-corrected chi connectivity index (χ0v) is 14.5. The van der Waals surface area contributed by atoms with Gasteiger partial charge < -0.3 is 19.7 Å². The van der Waals surface area contributed by atoms with Crippen LogP contribution in [0.3, 0.4) is 0 Å². The van der Waals surface area contributed by atoms with E-state index in [-0.39, 0.29) is 24.6 Å². The third-order valence-electron chi connectivity index (χ3n) is 5.58. The molecular weight excluding hydrogens is 320 g/mol. The summed E-state index contributed by atoms with van der Waals surface area (Å²) in [6.45, 7) is 3.08. The summed E-state index contributed by atoms with van der Waals surface area (Å²) in [5, 5.41) is 2.91. The highest BCUT2D eigenvalue weighted by atomic mass is 16.7. The number of carbonyl (C=O) groups is 2. The molecule has 1 saturated heterocycles. The van der Waals surface area contributed by atoms with Crippen LogP contribution in [0.15, 0.2) is 18.2 Å². The van der Waals surface area contributed by atoms with E-state index in [1.807, 2.05) is 4.90 Å². The lowest BCUT2D eigenvalue weighted by Gasteiger charge is -2.37. The minimum Gasteiger partial charge on any atom is -0.454 e. The molecule has 6 heteroatoms. The van der Waals surface area contributed by atoms with Crippen LogP contribution in [0.2, 0.25) is 0 Å². The maximum absolute atomic E-state index is 13.1. The van der Waals surface area contributed by atoms with Crippen LogP contribution in [-0.4, -0.2) is 36.1 Å². The molecule has 0 radical (unpaired) electrons. The van der Waals surface area contributed by atoms with Gasteiger partial charge in [-0.1, -0.05) is 6.92 Å². The Morgan fingerprint density at radius 1 is 1.24 bits per heavy atom. The van der Waals surface area contributed by atoms with Crippen molar-refractivity contribution in [3.63, 3.8) is 0 Å². The van der Waals surface area contributed by atoms with E-state index in [2.05, 4.69) is 12.2 Å². The quantitative estimate of drug-likeness (QED) is 0.853. The Morgan fingerprint density at radius 3 is 2.80 bits per heavy atom. The fourth-order valence-corrected chi connectivity index (χ4v) is 3.86. The number of anilines is 1. The molecule has 134 valence electrons. The number of likely N-dealkylation sites (tertiary alicyclic amines) is 1. The topological polar surface area (TPSA) is 67.9 Å². The van der Waals surface area contributed by atoms with Gasteiger partial charge >= 0.3 is 0 Å². The molecule has 1 unspecified atom stereocenters. The summed E-state index contributed by atoms with van der Waals surface area (Å²) in [5.41, 5.74) is -0.236. The van der Waals surface area contributed by atoms with E-state index >= 15 is 0 Å². The van der Waals surface area contributed by atoms with Crippen LogP contribution in [0.5, 0.6) is 11.5 Å². The summed E-state index contributed by atoms with van der Waals surface area (Å²) in [6.07, 6.45) is 5.46. The molecule has 2 heterocycles. The second-order valence-corrected chi connectivity index (χ2v) is 7.16. The Kier molecular flexibility index (Phi) is 4.06. The first-order chi connectivity index (χ1) is 12.1. The maximum Gasteiger partial charge on any atom is 0.240 e. The van der Waals surface area contributed by atoms with Crippen LogP contribution in [-0.2, 0) is 9.59 Å². The third kappa shape index (κ3) is 2.83. The summed E-state index contributed by atoms with van der Waals surface area (Å²) in [6, 6.07) is 5.58. The van der Waals surface area contributed by atoms with Crippen molar-refractivity contribution < 1.29 is 19.1 Å². The van der Waals surface area contributed by atoms with Crippen molar-refractivity contribution in [1.29, 1.82) is 0 Å². The predicted molar refractivity (Wildman–Crippen MR) is 92.5 cm³/mol. The SMILES string of the molecule is CCC1CCCCN1C(=O)C1(C(=O)Nc2ccc3c(c2)OCO3)CC1. The molecule has 4 rings (SSSR count). The maximum atomic E-state index is 13.1. The van der Waals surface area contributed by atoms with Gasteiger partial charge in [0.2, 0.25) is 18.6 Å². The summed E-state index contributed by atoms with van der Waals surface area (Å²) in [5.74, 6) is 1.11. The summed E-state index contributed by atoms with van der Waals surface area (Å²) < 4.78 is 10.6. The van der Waals surface area contributed by atoms with Gasteiger partial charge in [0, 0.05) is 24.3 Å². The van der Waals surface area contributed by atoms with Gasteiger partial charge in [0.25, 0.3) is 0 Å². The molecule has 2 aliphatic heterocycles. The summed E-state index contributed by atoms with van der Waals surface area (Å²) >= 11 is 0. The molecule has 1 atom stereocenters. The molecule has 0 spiro atoms. The second-order valence-electron chi connectivity index (χ2n) is 7.16. The summed E-state index contributed by atoms with van der Waals surface area (Å²) in [7, 11) is 0. The van der Waals surface area contributed by atoms with Gasteiger partial charge in [0.05, 0.1) is 0 Å². The number of carbonyl (C=O) groups excluding carboxylic acids is 2. The van der Waals surface area contributed by atoms with Crippen molar-refractivity contribution in [3.8, 4) is 11.5 Å². The monoisotopic (exact) mass is 344 g/mol. The molecule has 3 aliphatic rings. The van der Waals surface area contributed by atoms with Crippen LogP contribution in [0.25, 0.3) is 0 Å². The van der Waals surface area contributed by atoms with Gasteiger partial charge in [-0.25, -0.2) is 0 Å². The highest BCUT2D eigenvalue weighted by Gasteiger charge is 2.58. The number of rotatable bonds is 4. The molecule has 2 fully saturated rings. The number of amides is 2. The number of ether oxygens (including phenoxy) is 2. The lowest BCUT2D eigenvalue weighted by atomic mass is 9.95. The van der Waals surface area contributed by atoms with E-state index in [1.54, 1.807) is 18.2 Å². The molecule has 25 heavy (non-hydrogen) atoms. The van der Waals surface area contributed by atoms with Crippen LogP contribution in [0.4, 0.5) is 5.69 Å². The van der Waals surface area contributed by atoms with Crippen molar-refractivity contribution in [1.82, 2.24) is 4.90 Å². The average Bonchev–Trinajstić information content (AvgIpc) is 3.33. The number of fused-ring (bicyclic) bond motifs is 1. The summed E-state index contributed by atoms with van der Waals surface area (Å²) in [4.78, 5) is 27.9. The number of piperidine rings is 1. The number of nitrogens with zero attached hydrogens (tertiary/aromatic N) is 1. The molecule has 0 aromatic heterocycles. The van der Waals surface area contributed by atoms with E-state index < -0.39 is 5.41 Å². The normalized spacial score (nSPS) is 23.2. The van der Waals surface area contributed by atoms with Crippen LogP contribution < -0.4 is 14.8 Å². The smallest absolute Gasteiger partial charge is 0.240 e. The van der Waals surface area contributed by atoms with E-state index in [0.29, 0.717) is 30.0 Å². The minimum absolute atomic E-state index is 0.0114. The molecule has 6 nitrogen and oxygen atoms in total. The zero-order chi connectivity index (χ0) is 17.4. The molecule has 0 bridgehead atoms. The number of hydrogen-bond donors (Lipinski definition) is 1. The van der Waals surface area contributed by atoms with Crippen molar-refractivity contribution in [3.05, 3.63) is 18.2 Å². The molecule has 1 N–H and O–H groups in total. The van der Waals surface area contributed by atoms with Gasteiger partial charge in [-0.15, -0.1) is 0 Å². The highest BCUT2D eigenvalue weighted by Crippen LogP contribution is 2.49. The lowest BCUT2D eigenvalue weighted by Crippen LogP contribution is -2.49. The van der Waals surface area contributed by atoms with E-state index in [9.17, 15) is 9.59 Å². The van der Waals surface area contributed by atoms with Crippen molar-refractivity contribution in [2.45, 2.75) is 51.5 Å². The Hall–Kier alpha value is -2.24. The van der Waals surface area contributed by atoms with Crippen LogP contribution in [0, 0.1) is 5.41 Å². The average molecular weight is 344 g/mol. The molecule has 2 amide bonds. The first-order valence-corrected chi connectivity index (χ1v) is 9.16. The zero-order valence-electron chi connectivity index (χ0n) is 14.5. The lowest BCUT2D eigenvalue weighted by molar-refractivity contribution is -0.145. The Morgan fingerprint density at radius 2 is 2.04 bits per heavy atom. The third-order valence-corrected chi connectivity index (χ3v) is 5.58. The van der Waals surface area contributed by atoms with Crippen molar-refractivity contribution in [2.75, 3.05) is 18.7 Å². The predicted octanol–water partition coefficient (Wildman–Crippen LogP) is 2.93. The molecule has 1 aromatic carbocycles. The van der Waals surface area contributed by atoms with Gasteiger partial charge in [-0.2, -0.15) is 0 Å². The van der Waals surface area contributed by atoms with E-state index in [0.717, 1.165) is 25.8 Å². The molecule has 1 aliphatic carbocycles. The number of hydrogen-bond acceptors (Lipinski definition) is 4. The molecular formula is C19H24N2O4. The number of nitrogens with one attached hydrogen (secondary N) is 1. The fraction of sp³-hybridized carbons (Fsp3) is 0.579. The molecule has 1 aromatic rings.